The zero-order valence-corrected chi connectivity index (χ0v) is 10.1. The molecule has 3 rings (SSSR count). The van der Waals surface area contributed by atoms with Gasteiger partial charge in [0.05, 0.1) is 6.61 Å². The molecule has 0 spiro atoms. The SMILES string of the molecule is CC1(C)O[C@@H]2O[C@@H]3COC(C)(C)O[C@H]3[C@H]2O1. The van der Waals surface area contributed by atoms with Gasteiger partial charge >= 0.3 is 0 Å². The van der Waals surface area contributed by atoms with Gasteiger partial charge in [-0.3, -0.25) is 0 Å². The maximum Gasteiger partial charge on any atom is 0.190 e. The zero-order chi connectivity index (χ0) is 11.6. The van der Waals surface area contributed by atoms with Gasteiger partial charge in [-0.1, -0.05) is 0 Å². The highest BCUT2D eigenvalue weighted by Crippen LogP contribution is 2.42. The van der Waals surface area contributed by atoms with Crippen LogP contribution in [0, 0.1) is 0 Å². The van der Waals surface area contributed by atoms with Crippen LogP contribution < -0.4 is 0 Å². The van der Waals surface area contributed by atoms with E-state index >= 15 is 0 Å². The molecule has 3 aliphatic heterocycles. The van der Waals surface area contributed by atoms with Crippen LogP contribution in [0.25, 0.3) is 0 Å². The van der Waals surface area contributed by atoms with Crippen LogP contribution in [0.15, 0.2) is 0 Å². The fourth-order valence-corrected chi connectivity index (χ4v) is 2.47. The van der Waals surface area contributed by atoms with Gasteiger partial charge in [-0.05, 0) is 27.7 Å². The predicted octanol–water partition coefficient (Wildman–Crippen LogP) is 1.01. The lowest BCUT2D eigenvalue weighted by atomic mass is 10.1. The van der Waals surface area contributed by atoms with Crippen molar-refractivity contribution in [3.8, 4) is 0 Å². The van der Waals surface area contributed by atoms with Crippen LogP contribution in [0.3, 0.4) is 0 Å². The first-order valence-corrected chi connectivity index (χ1v) is 5.69. The Morgan fingerprint density at radius 2 is 1.56 bits per heavy atom. The van der Waals surface area contributed by atoms with E-state index in [-0.39, 0.29) is 24.6 Å². The minimum absolute atomic E-state index is 0.0841. The first-order chi connectivity index (χ1) is 7.36. The van der Waals surface area contributed by atoms with E-state index in [1.54, 1.807) is 0 Å². The normalized spacial score (nSPS) is 48.8. The van der Waals surface area contributed by atoms with Crippen molar-refractivity contribution in [3.63, 3.8) is 0 Å². The summed E-state index contributed by atoms with van der Waals surface area (Å²) in [6.07, 6.45) is -0.666. The van der Waals surface area contributed by atoms with Crippen molar-refractivity contribution in [2.24, 2.45) is 0 Å². The largest absolute Gasteiger partial charge is 0.348 e. The van der Waals surface area contributed by atoms with Crippen LogP contribution in [0.1, 0.15) is 27.7 Å². The average Bonchev–Trinajstić information content (AvgIpc) is 2.57. The van der Waals surface area contributed by atoms with Crippen molar-refractivity contribution in [3.05, 3.63) is 0 Å². The summed E-state index contributed by atoms with van der Waals surface area (Å²) < 4.78 is 28.6. The highest BCUT2D eigenvalue weighted by atomic mass is 16.9. The van der Waals surface area contributed by atoms with Gasteiger partial charge in [-0.2, -0.15) is 0 Å². The molecule has 0 amide bonds. The molecule has 3 saturated heterocycles. The van der Waals surface area contributed by atoms with E-state index in [4.69, 9.17) is 23.7 Å². The van der Waals surface area contributed by atoms with Crippen LogP contribution in [0.4, 0.5) is 0 Å². The summed E-state index contributed by atoms with van der Waals surface area (Å²) in [5.41, 5.74) is 0. The van der Waals surface area contributed by atoms with Gasteiger partial charge < -0.3 is 23.7 Å². The summed E-state index contributed by atoms with van der Waals surface area (Å²) in [5, 5.41) is 0. The van der Waals surface area contributed by atoms with Gasteiger partial charge in [0.2, 0.25) is 0 Å². The Morgan fingerprint density at radius 3 is 2.31 bits per heavy atom. The summed E-state index contributed by atoms with van der Waals surface area (Å²) >= 11 is 0. The lowest BCUT2D eigenvalue weighted by Crippen LogP contribution is -2.50. The molecule has 3 heterocycles. The lowest BCUT2D eigenvalue weighted by Gasteiger charge is -2.38. The first-order valence-electron chi connectivity index (χ1n) is 5.69. The number of fused-ring (bicyclic) bond motifs is 3. The lowest BCUT2D eigenvalue weighted by molar-refractivity contribution is -0.319. The molecule has 0 bridgehead atoms. The molecule has 5 heteroatoms. The summed E-state index contributed by atoms with van der Waals surface area (Å²) in [7, 11) is 0. The Bertz CT molecular complexity index is 301. The smallest absolute Gasteiger partial charge is 0.190 e. The van der Waals surface area contributed by atoms with Gasteiger partial charge in [0.15, 0.2) is 17.9 Å². The third-order valence-corrected chi connectivity index (χ3v) is 3.10. The van der Waals surface area contributed by atoms with Crippen LogP contribution in [0.5, 0.6) is 0 Å². The maximum atomic E-state index is 5.85. The second-order valence-corrected chi connectivity index (χ2v) is 5.44. The van der Waals surface area contributed by atoms with Crippen LogP contribution in [0.2, 0.25) is 0 Å². The van der Waals surface area contributed by atoms with Crippen molar-refractivity contribution in [2.45, 2.75) is 63.9 Å². The fourth-order valence-electron chi connectivity index (χ4n) is 2.47. The molecular weight excluding hydrogens is 212 g/mol. The highest BCUT2D eigenvalue weighted by Gasteiger charge is 2.58. The molecule has 0 aliphatic carbocycles. The van der Waals surface area contributed by atoms with E-state index in [0.717, 1.165) is 0 Å². The Labute approximate surface area is 94.9 Å². The molecular formula is C11H18O5. The Morgan fingerprint density at radius 1 is 0.875 bits per heavy atom. The molecule has 3 aliphatic rings. The molecule has 3 fully saturated rings. The minimum Gasteiger partial charge on any atom is -0.348 e. The molecule has 0 unspecified atom stereocenters. The van der Waals surface area contributed by atoms with Crippen LogP contribution in [-0.2, 0) is 23.7 Å². The van der Waals surface area contributed by atoms with Crippen molar-refractivity contribution >= 4 is 0 Å². The summed E-state index contributed by atoms with van der Waals surface area (Å²) in [6.45, 7) is 8.09. The monoisotopic (exact) mass is 230 g/mol. The molecule has 0 aromatic rings. The van der Waals surface area contributed by atoms with E-state index < -0.39 is 11.6 Å². The standard InChI is InChI=1S/C11H18O5/c1-10(2)12-5-6-7(14-10)8-9(13-6)16-11(3,4)15-8/h6-9H,5H2,1-4H3/t6-,7-,8-,9+/m1/s1. The first kappa shape index (κ1) is 10.9. The highest BCUT2D eigenvalue weighted by molar-refractivity contribution is 4.96. The molecule has 16 heavy (non-hydrogen) atoms. The average molecular weight is 230 g/mol. The molecule has 0 aromatic carbocycles. The fraction of sp³-hybridized carbons (Fsp3) is 1.00. The maximum absolute atomic E-state index is 5.85. The molecule has 0 aromatic heterocycles. The summed E-state index contributed by atoms with van der Waals surface area (Å²) in [5.74, 6) is -1.17. The molecule has 0 saturated carbocycles. The van der Waals surface area contributed by atoms with Gasteiger partial charge in [-0.15, -0.1) is 0 Å². The van der Waals surface area contributed by atoms with E-state index in [1.165, 1.54) is 0 Å². The summed E-state index contributed by atoms with van der Waals surface area (Å²) in [4.78, 5) is 0. The van der Waals surface area contributed by atoms with Gasteiger partial charge in [-0.25, -0.2) is 0 Å². The van der Waals surface area contributed by atoms with E-state index in [9.17, 15) is 0 Å². The van der Waals surface area contributed by atoms with Crippen LogP contribution in [-0.4, -0.2) is 42.8 Å². The number of hydrogen-bond donors (Lipinski definition) is 0. The van der Waals surface area contributed by atoms with Crippen molar-refractivity contribution in [1.82, 2.24) is 0 Å². The topological polar surface area (TPSA) is 46.2 Å². The Kier molecular flexibility index (Phi) is 2.17. The zero-order valence-electron chi connectivity index (χ0n) is 10.1. The molecule has 0 radical (unpaired) electrons. The van der Waals surface area contributed by atoms with E-state index in [2.05, 4.69) is 0 Å². The predicted molar refractivity (Wildman–Crippen MR) is 53.6 cm³/mol. The third kappa shape index (κ3) is 1.67. The number of ether oxygens (including phenoxy) is 5. The van der Waals surface area contributed by atoms with Crippen molar-refractivity contribution in [2.75, 3.05) is 6.61 Å². The molecule has 4 atom stereocenters. The van der Waals surface area contributed by atoms with Crippen molar-refractivity contribution in [1.29, 1.82) is 0 Å². The van der Waals surface area contributed by atoms with Crippen molar-refractivity contribution < 1.29 is 23.7 Å². The Hall–Kier alpha value is -0.200. The van der Waals surface area contributed by atoms with Crippen LogP contribution >= 0.6 is 0 Å². The minimum atomic E-state index is -0.591. The van der Waals surface area contributed by atoms with E-state index in [0.29, 0.717) is 6.61 Å². The Balaban J connectivity index is 1.78. The van der Waals surface area contributed by atoms with E-state index in [1.807, 2.05) is 27.7 Å². The summed E-state index contributed by atoms with van der Waals surface area (Å²) in [6, 6.07) is 0. The second-order valence-electron chi connectivity index (χ2n) is 5.44. The van der Waals surface area contributed by atoms with Gasteiger partial charge in [0.1, 0.15) is 18.3 Å². The number of hydrogen-bond acceptors (Lipinski definition) is 5. The third-order valence-electron chi connectivity index (χ3n) is 3.10. The molecule has 5 nitrogen and oxygen atoms in total. The quantitative estimate of drug-likeness (QED) is 0.621. The van der Waals surface area contributed by atoms with Gasteiger partial charge in [0, 0.05) is 0 Å². The van der Waals surface area contributed by atoms with Gasteiger partial charge in [0.25, 0.3) is 0 Å². The molecule has 92 valence electrons. The number of rotatable bonds is 0. The second kappa shape index (κ2) is 3.17. The molecule has 0 N–H and O–H groups in total.